The molecule has 0 aliphatic carbocycles. The van der Waals surface area contributed by atoms with Gasteiger partial charge in [0.15, 0.2) is 11.4 Å². The van der Waals surface area contributed by atoms with Gasteiger partial charge in [-0.3, -0.25) is 4.79 Å². The van der Waals surface area contributed by atoms with Crippen molar-refractivity contribution in [2.45, 2.75) is 25.4 Å². The van der Waals surface area contributed by atoms with Crippen LogP contribution in [0.15, 0.2) is 30.3 Å². The number of hydrogen-bond donors (Lipinski definition) is 2. The predicted octanol–water partition coefficient (Wildman–Crippen LogP) is 1.41. The summed E-state index contributed by atoms with van der Waals surface area (Å²) in [4.78, 5) is 13.3. The molecule has 2 aromatic rings. The summed E-state index contributed by atoms with van der Waals surface area (Å²) in [6, 6.07) is 7.97. The highest BCUT2D eigenvalue weighted by molar-refractivity contribution is 5.84. The summed E-state index contributed by atoms with van der Waals surface area (Å²) < 4.78 is 13.4. The number of halogens is 1. The van der Waals surface area contributed by atoms with E-state index in [1.807, 2.05) is 17.9 Å². The van der Waals surface area contributed by atoms with Gasteiger partial charge < -0.3 is 15.7 Å². The van der Waals surface area contributed by atoms with Gasteiger partial charge in [-0.1, -0.05) is 12.1 Å². The first-order valence-electron chi connectivity index (χ1n) is 7.76. The maximum Gasteiger partial charge on any atom is 0.251 e. The number of nitrogens with two attached hydrogens (primary N) is 1. The number of rotatable bonds is 3. The van der Waals surface area contributed by atoms with Gasteiger partial charge in [-0.05, 0) is 43.5 Å². The van der Waals surface area contributed by atoms with Crippen molar-refractivity contribution in [2.75, 3.05) is 18.0 Å². The highest BCUT2D eigenvalue weighted by Gasteiger charge is 2.39. The van der Waals surface area contributed by atoms with Crippen molar-refractivity contribution in [1.82, 2.24) is 10.2 Å². The van der Waals surface area contributed by atoms with Crippen molar-refractivity contribution in [3.8, 4) is 11.3 Å². The zero-order valence-corrected chi connectivity index (χ0v) is 13.4. The van der Waals surface area contributed by atoms with E-state index in [1.54, 1.807) is 12.1 Å². The molecule has 24 heavy (non-hydrogen) atoms. The molecule has 126 valence electrons. The monoisotopic (exact) mass is 330 g/mol. The number of nitrogens with zero attached hydrogens (tertiary/aromatic N) is 3. The van der Waals surface area contributed by atoms with Crippen LogP contribution < -0.4 is 10.6 Å². The average Bonchev–Trinajstić information content (AvgIpc) is 2.54. The first kappa shape index (κ1) is 16.3. The van der Waals surface area contributed by atoms with E-state index >= 15 is 0 Å². The topological polar surface area (TPSA) is 92.3 Å². The molecule has 1 atom stereocenters. The molecule has 0 spiro atoms. The van der Waals surface area contributed by atoms with Crippen molar-refractivity contribution in [3.63, 3.8) is 0 Å². The van der Waals surface area contributed by atoms with Crippen LogP contribution in [0.2, 0.25) is 0 Å². The summed E-state index contributed by atoms with van der Waals surface area (Å²) in [5.41, 5.74) is 5.80. The van der Waals surface area contributed by atoms with E-state index in [2.05, 4.69) is 10.2 Å². The Bertz CT molecular complexity index is 783. The third-order valence-corrected chi connectivity index (χ3v) is 4.31. The lowest BCUT2D eigenvalue weighted by molar-refractivity contribution is -0.137. The van der Waals surface area contributed by atoms with Gasteiger partial charge in [-0.25, -0.2) is 4.39 Å². The van der Waals surface area contributed by atoms with Crippen molar-refractivity contribution >= 4 is 11.7 Å². The van der Waals surface area contributed by atoms with Crippen LogP contribution in [-0.4, -0.2) is 39.9 Å². The third-order valence-electron chi connectivity index (χ3n) is 4.31. The number of primary amides is 1. The fourth-order valence-electron chi connectivity index (χ4n) is 3.00. The van der Waals surface area contributed by atoms with Gasteiger partial charge in [-0.2, -0.15) is 0 Å². The Morgan fingerprint density at radius 1 is 1.38 bits per heavy atom. The first-order valence-corrected chi connectivity index (χ1v) is 7.76. The largest absolute Gasteiger partial charge is 0.378 e. The van der Waals surface area contributed by atoms with Crippen LogP contribution in [0.4, 0.5) is 10.2 Å². The molecule has 3 rings (SSSR count). The number of aryl methyl sites for hydroxylation is 1. The van der Waals surface area contributed by atoms with E-state index in [0.717, 1.165) is 5.56 Å². The molecule has 1 aliphatic heterocycles. The molecule has 1 aromatic carbocycles. The lowest BCUT2D eigenvalue weighted by Crippen LogP contribution is -2.56. The molecule has 1 saturated heterocycles. The number of β-amino-alcohol motifs (C(OH)–C–C–N with tert-alkyl or cyclic N) is 1. The Hall–Kier alpha value is -2.54. The Morgan fingerprint density at radius 2 is 2.17 bits per heavy atom. The van der Waals surface area contributed by atoms with Crippen LogP contribution in [0.25, 0.3) is 11.3 Å². The molecule has 2 heterocycles. The van der Waals surface area contributed by atoms with Gasteiger partial charge >= 0.3 is 0 Å². The number of aromatic nitrogens is 2. The maximum atomic E-state index is 13.4. The van der Waals surface area contributed by atoms with Crippen LogP contribution in [0.1, 0.15) is 18.4 Å². The minimum Gasteiger partial charge on any atom is -0.378 e. The van der Waals surface area contributed by atoms with E-state index in [4.69, 9.17) is 5.73 Å². The number of carbonyl (C=O) groups excluding carboxylic acids is 1. The third kappa shape index (κ3) is 3.07. The van der Waals surface area contributed by atoms with E-state index < -0.39 is 11.5 Å². The fraction of sp³-hybridized carbons (Fsp3) is 0.353. The molecule has 7 heteroatoms. The van der Waals surface area contributed by atoms with E-state index in [1.165, 1.54) is 12.1 Å². The summed E-state index contributed by atoms with van der Waals surface area (Å²) in [6.07, 6.45) is 0.971. The Balaban J connectivity index is 1.89. The van der Waals surface area contributed by atoms with Crippen LogP contribution >= 0.6 is 0 Å². The lowest BCUT2D eigenvalue weighted by atomic mass is 9.92. The zero-order valence-electron chi connectivity index (χ0n) is 13.4. The molecule has 3 N–H and O–H groups in total. The predicted molar refractivity (Wildman–Crippen MR) is 87.8 cm³/mol. The molecule has 0 bridgehead atoms. The standard InChI is InChI=1S/C17H19FN4O2/c1-11-8-14(12-4-2-5-13(18)9-12)20-21-15(11)22-7-3-6-17(24,10-22)16(19)23/h2,4-5,8-9,24H,3,6-7,10H2,1H3,(H2,19,23). The first-order chi connectivity index (χ1) is 11.4. The molecule has 1 unspecified atom stereocenters. The highest BCUT2D eigenvalue weighted by Crippen LogP contribution is 2.28. The molecule has 0 radical (unpaired) electrons. The molecule has 6 nitrogen and oxygen atoms in total. The van der Waals surface area contributed by atoms with Gasteiger partial charge in [0.1, 0.15) is 5.82 Å². The summed E-state index contributed by atoms with van der Waals surface area (Å²) in [7, 11) is 0. The van der Waals surface area contributed by atoms with Gasteiger partial charge in [0.25, 0.3) is 5.91 Å². The Morgan fingerprint density at radius 3 is 2.83 bits per heavy atom. The number of piperidine rings is 1. The average molecular weight is 330 g/mol. The van der Waals surface area contributed by atoms with Crippen LogP contribution in [0, 0.1) is 12.7 Å². The number of carbonyl (C=O) groups is 1. The van der Waals surface area contributed by atoms with Crippen molar-refractivity contribution in [3.05, 3.63) is 41.7 Å². The SMILES string of the molecule is Cc1cc(-c2cccc(F)c2)nnc1N1CCCC(O)(C(N)=O)C1. The Kier molecular flexibility index (Phi) is 4.19. The van der Waals surface area contributed by atoms with Crippen molar-refractivity contribution in [2.24, 2.45) is 5.73 Å². The molecule has 0 saturated carbocycles. The summed E-state index contributed by atoms with van der Waals surface area (Å²) in [6.45, 7) is 2.62. The second-order valence-electron chi connectivity index (χ2n) is 6.17. The van der Waals surface area contributed by atoms with E-state index in [-0.39, 0.29) is 12.4 Å². The smallest absolute Gasteiger partial charge is 0.251 e. The maximum absolute atomic E-state index is 13.4. The number of anilines is 1. The summed E-state index contributed by atoms with van der Waals surface area (Å²) >= 11 is 0. The highest BCUT2D eigenvalue weighted by atomic mass is 19.1. The van der Waals surface area contributed by atoms with Crippen LogP contribution in [0.3, 0.4) is 0 Å². The van der Waals surface area contributed by atoms with Crippen LogP contribution in [0.5, 0.6) is 0 Å². The molecule has 1 fully saturated rings. The normalized spacial score (nSPS) is 20.9. The van der Waals surface area contributed by atoms with Gasteiger partial charge in [0, 0.05) is 12.1 Å². The van der Waals surface area contributed by atoms with Gasteiger partial charge in [0.05, 0.1) is 12.2 Å². The quantitative estimate of drug-likeness (QED) is 0.888. The number of benzene rings is 1. The van der Waals surface area contributed by atoms with E-state index in [9.17, 15) is 14.3 Å². The van der Waals surface area contributed by atoms with E-state index in [0.29, 0.717) is 36.5 Å². The molecule has 1 aromatic heterocycles. The second-order valence-corrected chi connectivity index (χ2v) is 6.17. The number of hydrogen-bond acceptors (Lipinski definition) is 5. The Labute approximate surface area is 139 Å². The molecular formula is C17H19FN4O2. The lowest BCUT2D eigenvalue weighted by Gasteiger charge is -2.38. The summed E-state index contributed by atoms with van der Waals surface area (Å²) in [5.74, 6) is -0.470. The number of aliphatic hydroxyl groups is 1. The van der Waals surface area contributed by atoms with Gasteiger partial charge in [0.2, 0.25) is 0 Å². The second kappa shape index (κ2) is 6.16. The molecular weight excluding hydrogens is 311 g/mol. The van der Waals surface area contributed by atoms with Crippen LogP contribution in [-0.2, 0) is 4.79 Å². The van der Waals surface area contributed by atoms with Crippen molar-refractivity contribution < 1.29 is 14.3 Å². The zero-order chi connectivity index (χ0) is 17.3. The minimum atomic E-state index is -1.55. The van der Waals surface area contributed by atoms with Gasteiger partial charge in [-0.15, -0.1) is 10.2 Å². The fourth-order valence-corrected chi connectivity index (χ4v) is 3.00. The molecule has 1 aliphatic rings. The summed E-state index contributed by atoms with van der Waals surface area (Å²) in [5, 5.41) is 18.7. The number of amides is 1. The minimum absolute atomic E-state index is 0.0944. The van der Waals surface area contributed by atoms with Crippen molar-refractivity contribution in [1.29, 1.82) is 0 Å². The molecule has 1 amide bonds.